The Morgan fingerprint density at radius 1 is 1.18 bits per heavy atom. The van der Waals surface area contributed by atoms with Crippen LogP contribution in [0.5, 0.6) is 0 Å². The molecule has 0 spiro atoms. The number of nitrogens with one attached hydrogen (secondary N) is 1. The van der Waals surface area contributed by atoms with Crippen molar-refractivity contribution in [2.24, 2.45) is 11.8 Å². The Labute approximate surface area is 74.3 Å². The third-order valence-corrected chi connectivity index (χ3v) is 2.48. The summed E-state index contributed by atoms with van der Waals surface area (Å²) in [4.78, 5) is 0. The number of hydrogen-bond donors (Lipinski definition) is 1. The van der Waals surface area contributed by atoms with Gasteiger partial charge in [-0.15, -0.1) is 0 Å². The molecule has 0 aromatic carbocycles. The number of hydrogen-bond acceptors (Lipinski definition) is 1. The zero-order chi connectivity index (χ0) is 9.02. The summed E-state index contributed by atoms with van der Waals surface area (Å²) in [5.41, 5.74) is 0. The van der Waals surface area contributed by atoms with Crippen molar-refractivity contribution in [3.05, 3.63) is 0 Å². The van der Waals surface area contributed by atoms with Crippen LogP contribution in [0.1, 0.15) is 27.7 Å². The van der Waals surface area contributed by atoms with Crippen LogP contribution in [0.4, 0.5) is 0 Å². The van der Waals surface area contributed by atoms with Crippen LogP contribution in [0.3, 0.4) is 0 Å². The number of halogens is 1. The van der Waals surface area contributed by atoms with Crippen molar-refractivity contribution in [1.29, 1.82) is 0 Å². The van der Waals surface area contributed by atoms with Crippen LogP contribution in [0, 0.1) is 11.8 Å². The van der Waals surface area contributed by atoms with Crippen LogP contribution in [-0.4, -0.2) is 6.04 Å². The topological polar surface area (TPSA) is 29.1 Å². The van der Waals surface area contributed by atoms with Gasteiger partial charge in [0.15, 0.2) is 0 Å². The average Bonchev–Trinajstić information content (AvgIpc) is 1.81. The van der Waals surface area contributed by atoms with Crippen LogP contribution >= 0.6 is 18.5 Å². The zero-order valence-electron chi connectivity index (χ0n) is 7.47. The van der Waals surface area contributed by atoms with Crippen molar-refractivity contribution >= 4 is 18.5 Å². The predicted molar refractivity (Wildman–Crippen MR) is 50.1 cm³/mol. The molecular weight excluding hydrogens is 181 g/mol. The largest absolute Gasteiger partial charge is 0.553 e. The van der Waals surface area contributed by atoms with Crippen molar-refractivity contribution < 1.29 is 4.57 Å². The van der Waals surface area contributed by atoms with Crippen LogP contribution in [0.2, 0.25) is 0 Å². The molecule has 0 fully saturated rings. The first-order chi connectivity index (χ1) is 4.95. The van der Waals surface area contributed by atoms with E-state index in [1.807, 2.05) is 0 Å². The van der Waals surface area contributed by atoms with Crippen molar-refractivity contribution in [2.45, 2.75) is 33.7 Å². The maximum Gasteiger partial charge on any atom is 0.553 e. The molecule has 0 heterocycles. The fourth-order valence-corrected chi connectivity index (χ4v) is 2.35. The molecule has 0 aliphatic rings. The molecule has 1 N–H and O–H groups in total. The fourth-order valence-electron chi connectivity index (χ4n) is 1.19. The second kappa shape index (κ2) is 5.08. The van der Waals surface area contributed by atoms with Crippen molar-refractivity contribution in [2.75, 3.05) is 0 Å². The Balaban J connectivity index is 4.00. The van der Waals surface area contributed by atoms with Gasteiger partial charge in [0.25, 0.3) is 0 Å². The van der Waals surface area contributed by atoms with Gasteiger partial charge in [-0.25, -0.2) is 0 Å². The molecule has 0 saturated carbocycles. The molecule has 0 amide bonds. The predicted octanol–water partition coefficient (Wildman–Crippen LogP) is 3.15. The van der Waals surface area contributed by atoms with Crippen molar-refractivity contribution in [3.8, 4) is 0 Å². The summed E-state index contributed by atoms with van der Waals surface area (Å²) < 4.78 is 10.7. The monoisotopic (exact) mass is 196 g/mol. The Hall–Kier alpha value is 0.350. The summed E-state index contributed by atoms with van der Waals surface area (Å²) in [6.07, 6.45) is 0. The van der Waals surface area contributed by atoms with Gasteiger partial charge in [-0.05, 0) is 16.4 Å². The summed E-state index contributed by atoms with van der Waals surface area (Å²) in [6.45, 7) is 8.36. The maximum absolute atomic E-state index is 10.7. The van der Waals surface area contributed by atoms with Gasteiger partial charge >= 0.3 is 7.30 Å². The van der Waals surface area contributed by atoms with E-state index < -0.39 is 7.30 Å². The van der Waals surface area contributed by atoms with E-state index in [0.29, 0.717) is 11.8 Å². The highest BCUT2D eigenvalue weighted by Crippen LogP contribution is 2.25. The lowest BCUT2D eigenvalue weighted by atomic mass is 9.94. The third kappa shape index (κ3) is 4.73. The van der Waals surface area contributed by atoms with Crippen molar-refractivity contribution in [3.63, 3.8) is 0 Å². The molecule has 66 valence electrons. The highest BCUT2D eigenvalue weighted by Gasteiger charge is 2.25. The smallest absolute Gasteiger partial charge is 0.0888 e. The zero-order valence-corrected chi connectivity index (χ0v) is 9.12. The first kappa shape index (κ1) is 11.4. The van der Waals surface area contributed by atoms with Gasteiger partial charge in [-0.2, -0.15) is 0 Å². The Kier molecular flexibility index (Phi) is 5.24. The fraction of sp³-hybridized carbons (Fsp3) is 1.00. The Morgan fingerprint density at radius 2 is 1.55 bits per heavy atom. The van der Waals surface area contributed by atoms with Gasteiger partial charge < -0.3 is 0 Å². The van der Waals surface area contributed by atoms with Gasteiger partial charge in [0.05, 0.1) is 6.04 Å². The molecule has 0 bridgehead atoms. The van der Waals surface area contributed by atoms with E-state index in [-0.39, 0.29) is 6.04 Å². The van der Waals surface area contributed by atoms with E-state index in [4.69, 9.17) is 11.2 Å². The summed E-state index contributed by atoms with van der Waals surface area (Å²) in [5, 5.41) is 2.85. The molecule has 1 atom stereocenters. The second-order valence-electron chi connectivity index (χ2n) is 3.39. The van der Waals surface area contributed by atoms with Crippen LogP contribution in [-0.2, 0) is 4.57 Å². The molecule has 0 radical (unpaired) electrons. The first-order valence-corrected chi connectivity index (χ1v) is 6.00. The van der Waals surface area contributed by atoms with Crippen molar-refractivity contribution in [1.82, 2.24) is 5.09 Å². The molecule has 2 nitrogen and oxygen atoms in total. The summed E-state index contributed by atoms with van der Waals surface area (Å²) in [7, 11) is -1.73. The van der Waals surface area contributed by atoms with Gasteiger partial charge in [0, 0.05) is 0 Å². The average molecular weight is 197 g/mol. The Morgan fingerprint density at radius 3 is 1.64 bits per heavy atom. The highest BCUT2D eigenvalue weighted by molar-refractivity contribution is 7.72. The molecule has 4 heteroatoms. The molecule has 0 rings (SSSR count). The standard InChI is InChI=1S/C7H16ClNOP/c1-5(2)7(6(3)4)9-11(8)10/h5-7H,1-4H3,(H,9,10)/q+1. The maximum atomic E-state index is 10.7. The lowest BCUT2D eigenvalue weighted by Crippen LogP contribution is -2.33. The molecule has 11 heavy (non-hydrogen) atoms. The molecule has 1 unspecified atom stereocenters. The van der Waals surface area contributed by atoms with E-state index in [0.717, 1.165) is 0 Å². The van der Waals surface area contributed by atoms with E-state index in [1.165, 1.54) is 0 Å². The second-order valence-corrected chi connectivity index (χ2v) is 5.06. The van der Waals surface area contributed by atoms with Crippen LogP contribution in [0.25, 0.3) is 0 Å². The summed E-state index contributed by atoms with van der Waals surface area (Å²) >= 11 is 5.36. The molecule has 0 aromatic heterocycles. The SMILES string of the molecule is CC(C)C(N[P+](=O)Cl)C(C)C. The molecule has 0 saturated heterocycles. The quantitative estimate of drug-likeness (QED) is 0.700. The summed E-state index contributed by atoms with van der Waals surface area (Å²) in [6, 6.07) is 0.246. The van der Waals surface area contributed by atoms with Crippen LogP contribution in [0.15, 0.2) is 0 Å². The molecule has 0 aliphatic heterocycles. The van der Waals surface area contributed by atoms with Gasteiger partial charge in [-0.3, -0.25) is 0 Å². The van der Waals surface area contributed by atoms with E-state index in [9.17, 15) is 4.57 Å². The van der Waals surface area contributed by atoms with Crippen LogP contribution < -0.4 is 5.09 Å². The first-order valence-electron chi connectivity index (χ1n) is 3.84. The van der Waals surface area contributed by atoms with E-state index in [1.54, 1.807) is 0 Å². The van der Waals surface area contributed by atoms with Gasteiger partial charge in [0.1, 0.15) is 0 Å². The lowest BCUT2D eigenvalue weighted by Gasteiger charge is -2.19. The van der Waals surface area contributed by atoms with E-state index in [2.05, 4.69) is 32.8 Å². The molecule has 0 aliphatic carbocycles. The summed E-state index contributed by atoms with van der Waals surface area (Å²) in [5.74, 6) is 0.931. The minimum absolute atomic E-state index is 0.246. The van der Waals surface area contributed by atoms with E-state index >= 15 is 0 Å². The normalized spacial score (nSPS) is 13.3. The minimum atomic E-state index is -1.73. The minimum Gasteiger partial charge on any atom is -0.0888 e. The number of rotatable bonds is 4. The molecular formula is C7H16ClNOP+. The van der Waals surface area contributed by atoms with Gasteiger partial charge in [0.2, 0.25) is 11.2 Å². The highest BCUT2D eigenvalue weighted by atomic mass is 35.7. The molecule has 0 aromatic rings. The van der Waals surface area contributed by atoms with Gasteiger partial charge in [-0.1, -0.05) is 32.8 Å². The lowest BCUT2D eigenvalue weighted by molar-refractivity contribution is 0.359. The Bertz CT molecular complexity index is 130. The third-order valence-electron chi connectivity index (χ3n) is 1.69.